The molecule has 2 aromatic carbocycles. The van der Waals surface area contributed by atoms with Crippen LogP contribution < -0.4 is 0 Å². The molecule has 0 saturated carbocycles. The Morgan fingerprint density at radius 3 is 2.33 bits per heavy atom. The van der Waals surface area contributed by atoms with Crippen molar-refractivity contribution in [2.24, 2.45) is 0 Å². The standard InChI is InChI=1S/C20H12F3N/c1-13-5-9-17(20(23)19(13)22)18-10-8-15(12-24-18)7-6-14-3-2-4-16(21)11-14/h2-5,8-12H,1H3. The lowest BCUT2D eigenvalue weighted by molar-refractivity contribution is 0.505. The fraction of sp³-hybridized carbons (Fsp3) is 0.0500. The first-order valence-corrected chi connectivity index (χ1v) is 7.23. The van der Waals surface area contributed by atoms with Gasteiger partial charge in [-0.1, -0.05) is 24.0 Å². The maximum Gasteiger partial charge on any atom is 0.168 e. The fourth-order valence-corrected chi connectivity index (χ4v) is 2.18. The van der Waals surface area contributed by atoms with Crippen LogP contribution in [0.25, 0.3) is 11.3 Å². The molecule has 24 heavy (non-hydrogen) atoms. The number of benzene rings is 2. The zero-order valence-electron chi connectivity index (χ0n) is 12.8. The number of hydrogen-bond donors (Lipinski definition) is 0. The molecule has 3 rings (SSSR count). The molecule has 1 heterocycles. The minimum atomic E-state index is -0.916. The van der Waals surface area contributed by atoms with E-state index in [-0.39, 0.29) is 16.9 Å². The zero-order chi connectivity index (χ0) is 17.1. The average Bonchev–Trinajstić information content (AvgIpc) is 2.59. The molecule has 118 valence electrons. The minimum Gasteiger partial charge on any atom is -0.255 e. The number of aromatic nitrogens is 1. The van der Waals surface area contributed by atoms with Crippen LogP contribution in [0.4, 0.5) is 13.2 Å². The number of pyridine rings is 1. The van der Waals surface area contributed by atoms with Gasteiger partial charge in [-0.2, -0.15) is 0 Å². The van der Waals surface area contributed by atoms with Gasteiger partial charge in [0.2, 0.25) is 0 Å². The highest BCUT2D eigenvalue weighted by atomic mass is 19.2. The highest BCUT2D eigenvalue weighted by molar-refractivity contribution is 5.61. The van der Waals surface area contributed by atoms with Gasteiger partial charge in [0, 0.05) is 22.9 Å². The van der Waals surface area contributed by atoms with Crippen molar-refractivity contribution in [3.63, 3.8) is 0 Å². The molecule has 1 nitrogen and oxygen atoms in total. The van der Waals surface area contributed by atoms with E-state index in [1.54, 1.807) is 24.3 Å². The Kier molecular flexibility index (Phi) is 4.35. The van der Waals surface area contributed by atoms with Gasteiger partial charge in [-0.05, 0) is 48.9 Å². The first-order chi connectivity index (χ1) is 11.5. The smallest absolute Gasteiger partial charge is 0.168 e. The molecule has 0 aliphatic heterocycles. The molecule has 0 fully saturated rings. The molecular formula is C20H12F3N. The molecule has 0 radical (unpaired) electrons. The van der Waals surface area contributed by atoms with Crippen molar-refractivity contribution in [1.29, 1.82) is 0 Å². The van der Waals surface area contributed by atoms with E-state index in [9.17, 15) is 13.2 Å². The van der Waals surface area contributed by atoms with Crippen LogP contribution in [0.2, 0.25) is 0 Å². The topological polar surface area (TPSA) is 12.9 Å². The second kappa shape index (κ2) is 6.59. The van der Waals surface area contributed by atoms with Gasteiger partial charge in [-0.25, -0.2) is 13.2 Å². The normalized spacial score (nSPS) is 10.2. The van der Waals surface area contributed by atoms with Gasteiger partial charge >= 0.3 is 0 Å². The molecule has 0 unspecified atom stereocenters. The summed E-state index contributed by atoms with van der Waals surface area (Å²) in [5.74, 6) is 3.54. The Labute approximate surface area is 137 Å². The Bertz CT molecular complexity index is 951. The van der Waals surface area contributed by atoms with Crippen LogP contribution in [0, 0.1) is 36.2 Å². The van der Waals surface area contributed by atoms with Crippen LogP contribution in [0.3, 0.4) is 0 Å². The lowest BCUT2D eigenvalue weighted by atomic mass is 10.1. The van der Waals surface area contributed by atoms with Crippen molar-refractivity contribution in [2.75, 3.05) is 0 Å². The maximum absolute atomic E-state index is 14.0. The third kappa shape index (κ3) is 3.31. The highest BCUT2D eigenvalue weighted by Crippen LogP contribution is 2.24. The Morgan fingerprint density at radius 2 is 1.62 bits per heavy atom. The largest absolute Gasteiger partial charge is 0.255 e. The van der Waals surface area contributed by atoms with Crippen LogP contribution in [0.5, 0.6) is 0 Å². The average molecular weight is 323 g/mol. The van der Waals surface area contributed by atoms with E-state index in [2.05, 4.69) is 16.8 Å². The summed E-state index contributed by atoms with van der Waals surface area (Å²) in [6, 6.07) is 12.2. The van der Waals surface area contributed by atoms with Gasteiger partial charge in [0.25, 0.3) is 0 Å². The monoisotopic (exact) mass is 323 g/mol. The van der Waals surface area contributed by atoms with E-state index < -0.39 is 11.6 Å². The van der Waals surface area contributed by atoms with Gasteiger partial charge in [0.1, 0.15) is 5.82 Å². The van der Waals surface area contributed by atoms with Gasteiger partial charge in [-0.15, -0.1) is 0 Å². The first kappa shape index (κ1) is 15.8. The Morgan fingerprint density at radius 1 is 0.833 bits per heavy atom. The van der Waals surface area contributed by atoms with Crippen molar-refractivity contribution in [2.45, 2.75) is 6.92 Å². The summed E-state index contributed by atoms with van der Waals surface area (Å²) in [6.07, 6.45) is 1.47. The van der Waals surface area contributed by atoms with Crippen molar-refractivity contribution in [3.05, 3.63) is 88.9 Å². The number of halogens is 3. The van der Waals surface area contributed by atoms with Gasteiger partial charge in [-0.3, -0.25) is 4.98 Å². The molecule has 0 saturated heterocycles. The van der Waals surface area contributed by atoms with Crippen LogP contribution >= 0.6 is 0 Å². The van der Waals surface area contributed by atoms with Crippen molar-refractivity contribution < 1.29 is 13.2 Å². The van der Waals surface area contributed by atoms with E-state index in [0.29, 0.717) is 16.8 Å². The molecule has 0 amide bonds. The molecule has 3 aromatic rings. The predicted octanol–water partition coefficient (Wildman–Crippen LogP) is 4.87. The molecule has 0 atom stereocenters. The molecule has 0 spiro atoms. The molecule has 0 bridgehead atoms. The number of hydrogen-bond acceptors (Lipinski definition) is 1. The van der Waals surface area contributed by atoms with E-state index in [0.717, 1.165) is 0 Å². The summed E-state index contributed by atoms with van der Waals surface area (Å²) >= 11 is 0. The van der Waals surface area contributed by atoms with E-state index in [4.69, 9.17) is 0 Å². The summed E-state index contributed by atoms with van der Waals surface area (Å²) in [4.78, 5) is 4.13. The van der Waals surface area contributed by atoms with Gasteiger partial charge < -0.3 is 0 Å². The Balaban J connectivity index is 1.88. The third-order valence-electron chi connectivity index (χ3n) is 3.49. The van der Waals surface area contributed by atoms with Gasteiger partial charge in [0.05, 0.1) is 5.69 Å². The molecule has 0 aliphatic rings. The quantitative estimate of drug-likeness (QED) is 0.582. The SMILES string of the molecule is Cc1ccc(-c2ccc(C#Cc3cccc(F)c3)cn2)c(F)c1F. The fourth-order valence-electron chi connectivity index (χ4n) is 2.18. The second-order valence-corrected chi connectivity index (χ2v) is 5.25. The molecular weight excluding hydrogens is 311 g/mol. The first-order valence-electron chi connectivity index (χ1n) is 7.23. The van der Waals surface area contributed by atoms with Gasteiger partial charge in [0.15, 0.2) is 11.6 Å². The highest BCUT2D eigenvalue weighted by Gasteiger charge is 2.13. The number of rotatable bonds is 1. The van der Waals surface area contributed by atoms with Crippen LogP contribution in [0.15, 0.2) is 54.7 Å². The summed E-state index contributed by atoms with van der Waals surface area (Å²) in [5, 5.41) is 0. The van der Waals surface area contributed by atoms with Crippen molar-refractivity contribution in [3.8, 4) is 23.1 Å². The summed E-state index contributed by atoms with van der Waals surface area (Å²) < 4.78 is 40.7. The number of nitrogens with zero attached hydrogens (tertiary/aromatic N) is 1. The van der Waals surface area contributed by atoms with Crippen molar-refractivity contribution >= 4 is 0 Å². The zero-order valence-corrected chi connectivity index (χ0v) is 12.8. The predicted molar refractivity (Wildman–Crippen MR) is 86.7 cm³/mol. The summed E-state index contributed by atoms with van der Waals surface area (Å²) in [6.45, 7) is 1.50. The van der Waals surface area contributed by atoms with Crippen molar-refractivity contribution in [1.82, 2.24) is 4.98 Å². The minimum absolute atomic E-state index is 0.0998. The maximum atomic E-state index is 14.0. The number of aryl methyl sites for hydroxylation is 1. The Hall–Kier alpha value is -3.06. The van der Waals surface area contributed by atoms with Crippen LogP contribution in [-0.4, -0.2) is 4.98 Å². The summed E-state index contributed by atoms with van der Waals surface area (Å²) in [7, 11) is 0. The van der Waals surface area contributed by atoms with Crippen LogP contribution in [0.1, 0.15) is 16.7 Å². The van der Waals surface area contributed by atoms with E-state index >= 15 is 0 Å². The molecule has 4 heteroatoms. The third-order valence-corrected chi connectivity index (χ3v) is 3.49. The molecule has 0 N–H and O–H groups in total. The molecule has 0 aliphatic carbocycles. The summed E-state index contributed by atoms with van der Waals surface area (Å²) in [5.41, 5.74) is 1.81. The lowest BCUT2D eigenvalue weighted by Crippen LogP contribution is -1.94. The van der Waals surface area contributed by atoms with E-state index in [1.165, 1.54) is 37.4 Å². The molecule has 1 aromatic heterocycles. The second-order valence-electron chi connectivity index (χ2n) is 5.25. The lowest BCUT2D eigenvalue weighted by Gasteiger charge is -2.05. The van der Waals surface area contributed by atoms with E-state index in [1.807, 2.05) is 0 Å². The van der Waals surface area contributed by atoms with Crippen LogP contribution in [-0.2, 0) is 0 Å².